The molecule has 0 unspecified atom stereocenters. The Kier molecular flexibility index (Phi) is 10.6. The number of rotatable bonds is 10. The second kappa shape index (κ2) is 11.4. The van der Waals surface area contributed by atoms with Crippen LogP contribution in [0.1, 0.15) is 66.7 Å². The van der Waals surface area contributed by atoms with Crippen molar-refractivity contribution in [3.8, 4) is 0 Å². The molecule has 0 aromatic rings. The van der Waals surface area contributed by atoms with E-state index in [-0.39, 0.29) is 11.9 Å². The van der Waals surface area contributed by atoms with E-state index in [4.69, 9.17) is 9.47 Å². The van der Waals surface area contributed by atoms with Gasteiger partial charge in [0.15, 0.2) is 0 Å². The fraction of sp³-hybridized carbons (Fsp3) is 0.765. The largest absolute Gasteiger partial charge is 0.463 e. The Hall–Kier alpha value is -1.32. The molecule has 0 N–H and O–H groups in total. The first kappa shape index (κ1) is 19.7. The maximum atomic E-state index is 12.2. The van der Waals surface area contributed by atoms with E-state index in [9.17, 15) is 9.59 Å². The molecule has 4 heteroatoms. The molecular formula is C17H30O4. The highest BCUT2D eigenvalue weighted by atomic mass is 16.5. The van der Waals surface area contributed by atoms with Gasteiger partial charge in [0, 0.05) is 5.57 Å². The molecule has 0 saturated heterocycles. The van der Waals surface area contributed by atoms with Gasteiger partial charge in [-0.25, -0.2) is 9.59 Å². The van der Waals surface area contributed by atoms with Crippen molar-refractivity contribution in [2.45, 2.75) is 66.7 Å². The summed E-state index contributed by atoms with van der Waals surface area (Å²) in [6, 6.07) is 0. The standard InChI is InChI=1S/C17H30O4/c1-6-9-10-11-12-14(16(18)20-7-2)15(13(4)5)17(19)21-8-3/h13H,6-12H2,1-5H3/b15-14-. The molecule has 0 saturated carbocycles. The van der Waals surface area contributed by atoms with Gasteiger partial charge in [0.1, 0.15) is 0 Å². The van der Waals surface area contributed by atoms with Crippen molar-refractivity contribution in [3.63, 3.8) is 0 Å². The number of carbonyl (C=O) groups excluding carboxylic acids is 2. The van der Waals surface area contributed by atoms with E-state index in [0.29, 0.717) is 30.8 Å². The minimum absolute atomic E-state index is 0.0605. The number of ether oxygens (including phenoxy) is 2. The first-order valence-corrected chi connectivity index (χ1v) is 8.06. The van der Waals surface area contributed by atoms with E-state index in [2.05, 4.69) is 6.92 Å². The fourth-order valence-electron chi connectivity index (χ4n) is 2.21. The average molecular weight is 298 g/mol. The zero-order valence-corrected chi connectivity index (χ0v) is 14.2. The van der Waals surface area contributed by atoms with Crippen LogP contribution < -0.4 is 0 Å². The highest BCUT2D eigenvalue weighted by Gasteiger charge is 2.25. The molecule has 0 bridgehead atoms. The molecule has 0 atom stereocenters. The van der Waals surface area contributed by atoms with Crippen molar-refractivity contribution in [1.29, 1.82) is 0 Å². The lowest BCUT2D eigenvalue weighted by atomic mass is 9.93. The minimum atomic E-state index is -0.397. The van der Waals surface area contributed by atoms with Crippen LogP contribution in [-0.4, -0.2) is 25.2 Å². The SMILES string of the molecule is CCCCCC/C(C(=O)OCC)=C(/C(=O)OCC)C(C)C. The van der Waals surface area contributed by atoms with Gasteiger partial charge < -0.3 is 9.47 Å². The highest BCUT2D eigenvalue weighted by molar-refractivity contribution is 6.00. The molecule has 0 radical (unpaired) electrons. The van der Waals surface area contributed by atoms with Crippen LogP contribution in [0.25, 0.3) is 0 Å². The molecule has 21 heavy (non-hydrogen) atoms. The van der Waals surface area contributed by atoms with Gasteiger partial charge in [-0.2, -0.15) is 0 Å². The molecule has 0 spiro atoms. The van der Waals surface area contributed by atoms with Crippen molar-refractivity contribution >= 4 is 11.9 Å². The van der Waals surface area contributed by atoms with Crippen LogP contribution in [0, 0.1) is 5.92 Å². The molecule has 0 aromatic carbocycles. The van der Waals surface area contributed by atoms with E-state index >= 15 is 0 Å². The van der Waals surface area contributed by atoms with Crippen LogP contribution in [-0.2, 0) is 19.1 Å². The lowest BCUT2D eigenvalue weighted by Crippen LogP contribution is -2.20. The lowest BCUT2D eigenvalue weighted by molar-refractivity contribution is -0.142. The zero-order valence-electron chi connectivity index (χ0n) is 14.2. The Bertz CT molecular complexity index is 356. The molecule has 0 aliphatic carbocycles. The monoisotopic (exact) mass is 298 g/mol. The van der Waals surface area contributed by atoms with E-state index in [1.807, 2.05) is 13.8 Å². The van der Waals surface area contributed by atoms with Crippen molar-refractivity contribution in [2.24, 2.45) is 5.92 Å². The summed E-state index contributed by atoms with van der Waals surface area (Å²) in [5.74, 6) is -0.841. The number of carbonyl (C=O) groups is 2. The van der Waals surface area contributed by atoms with Crippen molar-refractivity contribution < 1.29 is 19.1 Å². The molecule has 122 valence electrons. The van der Waals surface area contributed by atoms with Gasteiger partial charge >= 0.3 is 11.9 Å². The summed E-state index contributed by atoms with van der Waals surface area (Å²) in [4.78, 5) is 24.3. The Morgan fingerprint density at radius 2 is 1.43 bits per heavy atom. The topological polar surface area (TPSA) is 52.6 Å². The van der Waals surface area contributed by atoms with Gasteiger partial charge in [-0.05, 0) is 32.6 Å². The van der Waals surface area contributed by atoms with Gasteiger partial charge in [-0.1, -0.05) is 40.0 Å². The number of esters is 2. The van der Waals surface area contributed by atoms with Crippen LogP contribution in [0.15, 0.2) is 11.1 Å². The van der Waals surface area contributed by atoms with Crippen molar-refractivity contribution in [2.75, 3.05) is 13.2 Å². The predicted octanol–water partition coefficient (Wildman–Crippen LogP) is 4.04. The van der Waals surface area contributed by atoms with Gasteiger partial charge in [0.05, 0.1) is 18.8 Å². The first-order valence-electron chi connectivity index (χ1n) is 8.06. The summed E-state index contributed by atoms with van der Waals surface area (Å²) >= 11 is 0. The summed E-state index contributed by atoms with van der Waals surface area (Å²) in [5.41, 5.74) is 0.952. The smallest absolute Gasteiger partial charge is 0.334 e. The van der Waals surface area contributed by atoms with Gasteiger partial charge in [0.2, 0.25) is 0 Å². The van der Waals surface area contributed by atoms with E-state index in [0.717, 1.165) is 25.7 Å². The molecule has 0 fully saturated rings. The summed E-state index contributed by atoms with van der Waals surface area (Å²) in [7, 11) is 0. The molecule has 0 rings (SSSR count). The number of hydrogen-bond acceptors (Lipinski definition) is 4. The van der Waals surface area contributed by atoms with Crippen molar-refractivity contribution in [1.82, 2.24) is 0 Å². The van der Waals surface area contributed by atoms with Crippen LogP contribution >= 0.6 is 0 Å². The molecular weight excluding hydrogens is 268 g/mol. The van der Waals surface area contributed by atoms with Crippen LogP contribution in [0.4, 0.5) is 0 Å². The highest BCUT2D eigenvalue weighted by Crippen LogP contribution is 2.23. The van der Waals surface area contributed by atoms with Crippen LogP contribution in [0.5, 0.6) is 0 Å². The second-order valence-corrected chi connectivity index (χ2v) is 5.30. The maximum absolute atomic E-state index is 12.2. The summed E-state index contributed by atoms with van der Waals surface area (Å²) in [6.07, 6.45) is 4.77. The third kappa shape index (κ3) is 7.30. The first-order chi connectivity index (χ1) is 9.99. The van der Waals surface area contributed by atoms with Gasteiger partial charge in [-0.3, -0.25) is 0 Å². The van der Waals surface area contributed by atoms with E-state index in [1.165, 1.54) is 0 Å². The third-order valence-electron chi connectivity index (χ3n) is 3.20. The second-order valence-electron chi connectivity index (χ2n) is 5.30. The molecule has 4 nitrogen and oxygen atoms in total. The zero-order chi connectivity index (χ0) is 16.3. The normalized spacial score (nSPS) is 12.1. The average Bonchev–Trinajstić information content (AvgIpc) is 2.42. The number of hydrogen-bond donors (Lipinski definition) is 0. The molecule has 0 aliphatic rings. The minimum Gasteiger partial charge on any atom is -0.463 e. The number of unbranched alkanes of at least 4 members (excludes halogenated alkanes) is 3. The van der Waals surface area contributed by atoms with Gasteiger partial charge in [0.25, 0.3) is 0 Å². The Balaban J connectivity index is 5.27. The van der Waals surface area contributed by atoms with Crippen LogP contribution in [0.3, 0.4) is 0 Å². The molecule has 0 amide bonds. The lowest BCUT2D eigenvalue weighted by Gasteiger charge is -2.16. The Morgan fingerprint density at radius 3 is 1.90 bits per heavy atom. The van der Waals surface area contributed by atoms with E-state index in [1.54, 1.807) is 13.8 Å². The molecule has 0 heterocycles. The Labute approximate surface area is 128 Å². The molecule has 0 aliphatic heterocycles. The summed E-state index contributed by atoms with van der Waals surface area (Å²) in [6.45, 7) is 10.1. The van der Waals surface area contributed by atoms with E-state index < -0.39 is 5.97 Å². The third-order valence-corrected chi connectivity index (χ3v) is 3.20. The van der Waals surface area contributed by atoms with Gasteiger partial charge in [-0.15, -0.1) is 0 Å². The predicted molar refractivity (Wildman–Crippen MR) is 83.9 cm³/mol. The fourth-order valence-corrected chi connectivity index (χ4v) is 2.21. The summed E-state index contributed by atoms with van der Waals surface area (Å²) in [5, 5.41) is 0. The summed E-state index contributed by atoms with van der Waals surface area (Å²) < 4.78 is 10.2. The Morgan fingerprint density at radius 1 is 0.857 bits per heavy atom. The van der Waals surface area contributed by atoms with Crippen molar-refractivity contribution in [3.05, 3.63) is 11.1 Å². The van der Waals surface area contributed by atoms with Crippen LogP contribution in [0.2, 0.25) is 0 Å². The molecule has 0 aromatic heterocycles. The maximum Gasteiger partial charge on any atom is 0.334 e. The quantitative estimate of drug-likeness (QED) is 0.347.